The lowest BCUT2D eigenvalue weighted by molar-refractivity contribution is -0.113. The zero-order chi connectivity index (χ0) is 15.1. The fourth-order valence-corrected chi connectivity index (χ4v) is 3.43. The number of anilines is 1. The van der Waals surface area contributed by atoms with Gasteiger partial charge >= 0.3 is 0 Å². The summed E-state index contributed by atoms with van der Waals surface area (Å²) in [5, 5.41) is 11.4. The predicted octanol–water partition coefficient (Wildman–Crippen LogP) is 2.83. The number of thioether (sulfide) groups is 1. The van der Waals surface area contributed by atoms with Crippen molar-refractivity contribution < 1.29 is 4.79 Å². The Kier molecular flexibility index (Phi) is 3.11. The summed E-state index contributed by atoms with van der Waals surface area (Å²) in [5.74, 6) is 0.488. The Labute approximate surface area is 131 Å². The van der Waals surface area contributed by atoms with E-state index in [4.69, 9.17) is 0 Å². The van der Waals surface area contributed by atoms with Crippen molar-refractivity contribution in [2.24, 2.45) is 0 Å². The first kappa shape index (κ1) is 13.3. The lowest BCUT2D eigenvalue weighted by Crippen LogP contribution is -2.18. The minimum Gasteiger partial charge on any atom is -0.324 e. The Morgan fingerprint density at radius 3 is 3.05 bits per heavy atom. The Hall–Kier alpha value is -2.34. The SMILES string of the molecule is Cc1ccccc1Cn1nnc2cc3c(cc21)SCC(=O)N3. The van der Waals surface area contributed by atoms with Gasteiger partial charge in [0.1, 0.15) is 5.52 Å². The molecule has 2 aromatic carbocycles. The third-order valence-corrected chi connectivity index (χ3v) is 4.88. The maximum atomic E-state index is 11.5. The summed E-state index contributed by atoms with van der Waals surface area (Å²) in [4.78, 5) is 12.5. The highest BCUT2D eigenvalue weighted by atomic mass is 32.2. The first-order valence-electron chi connectivity index (χ1n) is 7.05. The number of nitrogens with zero attached hydrogens (tertiary/aromatic N) is 3. The van der Waals surface area contributed by atoms with Gasteiger partial charge in [-0.25, -0.2) is 4.68 Å². The highest BCUT2D eigenvalue weighted by Gasteiger charge is 2.18. The highest BCUT2D eigenvalue weighted by molar-refractivity contribution is 8.00. The summed E-state index contributed by atoms with van der Waals surface area (Å²) in [6, 6.07) is 12.2. The van der Waals surface area contributed by atoms with Gasteiger partial charge in [-0.2, -0.15) is 0 Å². The van der Waals surface area contributed by atoms with E-state index in [0.717, 1.165) is 21.6 Å². The molecule has 0 radical (unpaired) electrons. The van der Waals surface area contributed by atoms with Crippen LogP contribution in [-0.4, -0.2) is 26.7 Å². The number of aryl methyl sites for hydroxylation is 1. The number of hydrogen-bond acceptors (Lipinski definition) is 4. The number of rotatable bonds is 2. The number of nitrogens with one attached hydrogen (secondary N) is 1. The van der Waals surface area contributed by atoms with Crippen molar-refractivity contribution in [2.75, 3.05) is 11.1 Å². The van der Waals surface area contributed by atoms with Gasteiger partial charge < -0.3 is 5.32 Å². The second-order valence-corrected chi connectivity index (χ2v) is 6.36. The summed E-state index contributed by atoms with van der Waals surface area (Å²) < 4.78 is 1.91. The molecule has 4 rings (SSSR count). The molecule has 110 valence electrons. The molecule has 1 aromatic heterocycles. The van der Waals surface area contributed by atoms with Gasteiger partial charge in [-0.05, 0) is 30.2 Å². The van der Waals surface area contributed by atoms with E-state index in [9.17, 15) is 4.79 Å². The van der Waals surface area contributed by atoms with Crippen LogP contribution in [0.4, 0.5) is 5.69 Å². The average Bonchev–Trinajstić information content (AvgIpc) is 2.89. The lowest BCUT2D eigenvalue weighted by Gasteiger charge is -2.16. The van der Waals surface area contributed by atoms with Crippen molar-refractivity contribution in [1.29, 1.82) is 0 Å². The van der Waals surface area contributed by atoms with E-state index in [2.05, 4.69) is 40.8 Å². The molecule has 3 aromatic rings. The first-order valence-corrected chi connectivity index (χ1v) is 8.04. The molecule has 1 amide bonds. The Bertz CT molecular complexity index is 887. The van der Waals surface area contributed by atoms with Gasteiger partial charge in [-0.1, -0.05) is 29.5 Å². The molecule has 22 heavy (non-hydrogen) atoms. The van der Waals surface area contributed by atoms with Crippen LogP contribution in [0.3, 0.4) is 0 Å². The molecule has 0 aliphatic carbocycles. The summed E-state index contributed by atoms with van der Waals surface area (Å²) in [6.07, 6.45) is 0. The van der Waals surface area contributed by atoms with Crippen molar-refractivity contribution in [3.05, 3.63) is 47.5 Å². The van der Waals surface area contributed by atoms with Crippen molar-refractivity contribution in [3.63, 3.8) is 0 Å². The minimum absolute atomic E-state index is 0.0316. The van der Waals surface area contributed by atoms with Crippen LogP contribution in [-0.2, 0) is 11.3 Å². The molecule has 0 saturated carbocycles. The minimum atomic E-state index is 0.0316. The van der Waals surface area contributed by atoms with E-state index < -0.39 is 0 Å². The van der Waals surface area contributed by atoms with Crippen molar-refractivity contribution in [2.45, 2.75) is 18.4 Å². The van der Waals surface area contributed by atoms with Crippen LogP contribution in [0.25, 0.3) is 11.0 Å². The normalized spacial score (nSPS) is 14.0. The van der Waals surface area contributed by atoms with Crippen LogP contribution in [0.5, 0.6) is 0 Å². The standard InChI is InChI=1S/C16H14N4OS/c1-10-4-2-3-5-11(10)8-20-14-7-15-13(6-12(14)18-19-20)17-16(21)9-22-15/h2-7H,8-9H2,1H3,(H,17,21). The van der Waals surface area contributed by atoms with Crippen molar-refractivity contribution in [1.82, 2.24) is 15.0 Å². The topological polar surface area (TPSA) is 59.8 Å². The predicted molar refractivity (Wildman–Crippen MR) is 87.2 cm³/mol. The van der Waals surface area contributed by atoms with Crippen molar-refractivity contribution >= 4 is 34.4 Å². The molecule has 5 nitrogen and oxygen atoms in total. The van der Waals surface area contributed by atoms with Gasteiger partial charge in [0.2, 0.25) is 5.91 Å². The van der Waals surface area contributed by atoms with Gasteiger partial charge in [0.25, 0.3) is 0 Å². The first-order chi connectivity index (χ1) is 10.7. The van der Waals surface area contributed by atoms with Gasteiger partial charge in [0.15, 0.2) is 0 Å². The van der Waals surface area contributed by atoms with Gasteiger partial charge in [-0.15, -0.1) is 16.9 Å². The number of carbonyl (C=O) groups excluding carboxylic acids is 1. The van der Waals surface area contributed by atoms with Gasteiger partial charge in [0, 0.05) is 4.90 Å². The molecular formula is C16H14N4OS. The second-order valence-electron chi connectivity index (χ2n) is 5.35. The Morgan fingerprint density at radius 1 is 1.32 bits per heavy atom. The molecule has 1 aliphatic rings. The summed E-state index contributed by atoms with van der Waals surface area (Å²) in [7, 11) is 0. The number of benzene rings is 2. The molecule has 1 N–H and O–H groups in total. The molecule has 0 atom stereocenters. The zero-order valence-corrected chi connectivity index (χ0v) is 12.9. The van der Waals surface area contributed by atoms with E-state index in [1.807, 2.05) is 22.9 Å². The lowest BCUT2D eigenvalue weighted by atomic mass is 10.1. The van der Waals surface area contributed by atoms with E-state index >= 15 is 0 Å². The monoisotopic (exact) mass is 310 g/mol. The van der Waals surface area contributed by atoms with Crippen LogP contribution in [0.2, 0.25) is 0 Å². The number of fused-ring (bicyclic) bond motifs is 2. The van der Waals surface area contributed by atoms with Crippen LogP contribution >= 0.6 is 11.8 Å². The zero-order valence-electron chi connectivity index (χ0n) is 12.0. The van der Waals surface area contributed by atoms with Crippen molar-refractivity contribution in [3.8, 4) is 0 Å². The number of amides is 1. The summed E-state index contributed by atoms with van der Waals surface area (Å²) >= 11 is 1.55. The van der Waals surface area contributed by atoms with Crippen LogP contribution in [0, 0.1) is 6.92 Å². The van der Waals surface area contributed by atoms with Gasteiger partial charge in [-0.3, -0.25) is 4.79 Å². The van der Waals surface area contributed by atoms with E-state index in [1.54, 1.807) is 11.8 Å². The highest BCUT2D eigenvalue weighted by Crippen LogP contribution is 2.34. The molecule has 0 unspecified atom stereocenters. The van der Waals surface area contributed by atoms with E-state index in [-0.39, 0.29) is 5.91 Å². The number of hydrogen-bond donors (Lipinski definition) is 1. The quantitative estimate of drug-likeness (QED) is 0.790. The molecule has 0 fully saturated rings. The Morgan fingerprint density at radius 2 is 2.18 bits per heavy atom. The molecule has 0 saturated heterocycles. The molecule has 0 spiro atoms. The van der Waals surface area contributed by atoms with Crippen LogP contribution in [0.1, 0.15) is 11.1 Å². The fourth-order valence-electron chi connectivity index (χ4n) is 2.61. The largest absolute Gasteiger partial charge is 0.324 e. The maximum absolute atomic E-state index is 11.5. The number of carbonyl (C=O) groups is 1. The molecule has 0 bridgehead atoms. The Balaban J connectivity index is 1.77. The van der Waals surface area contributed by atoms with Gasteiger partial charge in [0.05, 0.1) is 23.5 Å². The fraction of sp³-hybridized carbons (Fsp3) is 0.188. The average molecular weight is 310 g/mol. The van der Waals surface area contributed by atoms with E-state index in [0.29, 0.717) is 12.3 Å². The third kappa shape index (κ3) is 2.25. The smallest absolute Gasteiger partial charge is 0.234 e. The molecule has 2 heterocycles. The summed E-state index contributed by atoms with van der Waals surface area (Å²) in [5.41, 5.74) is 5.09. The van der Waals surface area contributed by atoms with E-state index in [1.165, 1.54) is 11.1 Å². The molecule has 1 aliphatic heterocycles. The third-order valence-electron chi connectivity index (χ3n) is 3.83. The second kappa shape index (κ2) is 5.14. The maximum Gasteiger partial charge on any atom is 0.234 e. The summed E-state index contributed by atoms with van der Waals surface area (Å²) in [6.45, 7) is 2.79. The van der Waals surface area contributed by atoms with Crippen LogP contribution < -0.4 is 5.32 Å². The molecular weight excluding hydrogens is 296 g/mol. The number of aromatic nitrogens is 3. The van der Waals surface area contributed by atoms with Crippen LogP contribution in [0.15, 0.2) is 41.3 Å². The molecule has 6 heteroatoms.